The summed E-state index contributed by atoms with van der Waals surface area (Å²) in [7, 11) is 0. The zero-order valence-electron chi connectivity index (χ0n) is 10.6. The largest absolute Gasteiger partial charge is 0.314 e. The predicted octanol–water partition coefficient (Wildman–Crippen LogP) is 2.37. The topological polar surface area (TPSA) is 37.0 Å². The molecule has 2 atom stereocenters. The normalized spacial score (nSPS) is 23.2. The molecule has 0 bridgehead atoms. The van der Waals surface area contributed by atoms with E-state index in [1.165, 1.54) is 37.2 Å². The standard InChI is InChI=1S/C13H23N3S/c1-11(13-16-7-8-17-13)9-14-10-12-5-3-2-4-6-15-12/h7-8,11-12,14-15H,2-6,9-10H2,1H3. The van der Waals surface area contributed by atoms with E-state index in [0.717, 1.165) is 13.1 Å². The van der Waals surface area contributed by atoms with E-state index < -0.39 is 0 Å². The number of hydrogen-bond donors (Lipinski definition) is 2. The summed E-state index contributed by atoms with van der Waals surface area (Å²) in [5.74, 6) is 0.528. The molecule has 3 nitrogen and oxygen atoms in total. The van der Waals surface area contributed by atoms with Crippen molar-refractivity contribution in [2.75, 3.05) is 19.6 Å². The molecular formula is C13H23N3S. The number of nitrogens with one attached hydrogen (secondary N) is 2. The summed E-state index contributed by atoms with van der Waals surface area (Å²) in [5, 5.41) is 10.5. The van der Waals surface area contributed by atoms with Crippen molar-refractivity contribution in [2.45, 2.75) is 44.6 Å². The van der Waals surface area contributed by atoms with Gasteiger partial charge >= 0.3 is 0 Å². The molecule has 1 fully saturated rings. The summed E-state index contributed by atoms with van der Waals surface area (Å²) in [6, 6.07) is 0.668. The van der Waals surface area contributed by atoms with Gasteiger partial charge in [-0.05, 0) is 19.4 Å². The third kappa shape index (κ3) is 4.37. The molecule has 1 aliphatic rings. The Bertz CT molecular complexity index is 292. The van der Waals surface area contributed by atoms with E-state index in [2.05, 4.69) is 27.9 Å². The fourth-order valence-corrected chi connectivity index (χ4v) is 3.01. The number of thiazole rings is 1. The fraction of sp³-hybridized carbons (Fsp3) is 0.769. The SMILES string of the molecule is CC(CNCC1CCCCCN1)c1nccs1. The predicted molar refractivity (Wildman–Crippen MR) is 73.7 cm³/mol. The molecule has 4 heteroatoms. The average molecular weight is 253 g/mol. The molecule has 0 saturated carbocycles. The second-order valence-corrected chi connectivity index (χ2v) is 5.86. The highest BCUT2D eigenvalue weighted by Gasteiger charge is 2.12. The van der Waals surface area contributed by atoms with Crippen LogP contribution in [0.5, 0.6) is 0 Å². The zero-order valence-corrected chi connectivity index (χ0v) is 11.4. The Balaban J connectivity index is 1.65. The molecule has 2 N–H and O–H groups in total. The lowest BCUT2D eigenvalue weighted by Gasteiger charge is -2.17. The maximum absolute atomic E-state index is 4.36. The first-order chi connectivity index (χ1) is 8.36. The third-order valence-electron chi connectivity index (χ3n) is 3.38. The lowest BCUT2D eigenvalue weighted by Crippen LogP contribution is -2.39. The van der Waals surface area contributed by atoms with Gasteiger partial charge in [-0.2, -0.15) is 0 Å². The average Bonchev–Trinajstić information content (AvgIpc) is 2.75. The Labute approximate surface area is 108 Å². The van der Waals surface area contributed by atoms with Crippen LogP contribution < -0.4 is 10.6 Å². The van der Waals surface area contributed by atoms with Gasteiger partial charge in [0.15, 0.2) is 0 Å². The summed E-state index contributed by atoms with van der Waals surface area (Å²) in [4.78, 5) is 4.36. The van der Waals surface area contributed by atoms with Gasteiger partial charge in [0, 0.05) is 36.6 Å². The summed E-state index contributed by atoms with van der Waals surface area (Å²) >= 11 is 1.75. The Morgan fingerprint density at radius 1 is 1.53 bits per heavy atom. The summed E-state index contributed by atoms with van der Waals surface area (Å²) < 4.78 is 0. The van der Waals surface area contributed by atoms with Crippen molar-refractivity contribution in [2.24, 2.45) is 0 Å². The smallest absolute Gasteiger partial charge is 0.0965 e. The molecule has 96 valence electrons. The molecular weight excluding hydrogens is 230 g/mol. The van der Waals surface area contributed by atoms with Gasteiger partial charge in [0.25, 0.3) is 0 Å². The van der Waals surface area contributed by atoms with Crippen molar-refractivity contribution in [3.8, 4) is 0 Å². The van der Waals surface area contributed by atoms with Crippen LogP contribution in [0.25, 0.3) is 0 Å². The van der Waals surface area contributed by atoms with Gasteiger partial charge in [-0.15, -0.1) is 11.3 Å². The van der Waals surface area contributed by atoms with Crippen molar-refractivity contribution in [3.05, 3.63) is 16.6 Å². The first-order valence-corrected chi connectivity index (χ1v) is 7.57. The van der Waals surface area contributed by atoms with Gasteiger partial charge < -0.3 is 10.6 Å². The van der Waals surface area contributed by atoms with Crippen molar-refractivity contribution < 1.29 is 0 Å². The number of aromatic nitrogens is 1. The minimum atomic E-state index is 0.528. The van der Waals surface area contributed by atoms with Crippen LogP contribution in [0.15, 0.2) is 11.6 Å². The Kier molecular flexibility index (Phi) is 5.42. The van der Waals surface area contributed by atoms with Gasteiger partial charge in [-0.25, -0.2) is 4.98 Å². The quantitative estimate of drug-likeness (QED) is 0.846. The lowest BCUT2D eigenvalue weighted by molar-refractivity contribution is 0.462. The van der Waals surface area contributed by atoms with Crippen molar-refractivity contribution in [1.82, 2.24) is 15.6 Å². The minimum Gasteiger partial charge on any atom is -0.314 e. The maximum Gasteiger partial charge on any atom is 0.0965 e. The highest BCUT2D eigenvalue weighted by molar-refractivity contribution is 7.09. The van der Waals surface area contributed by atoms with Crippen LogP contribution in [-0.2, 0) is 0 Å². The van der Waals surface area contributed by atoms with Crippen LogP contribution in [0.4, 0.5) is 0 Å². The molecule has 0 amide bonds. The van der Waals surface area contributed by atoms with E-state index in [0.29, 0.717) is 12.0 Å². The zero-order chi connectivity index (χ0) is 11.9. The van der Waals surface area contributed by atoms with Gasteiger partial charge in [0.2, 0.25) is 0 Å². The van der Waals surface area contributed by atoms with E-state index in [1.807, 2.05) is 6.20 Å². The first-order valence-electron chi connectivity index (χ1n) is 6.70. The van der Waals surface area contributed by atoms with E-state index in [4.69, 9.17) is 0 Å². The molecule has 1 aliphatic heterocycles. The summed E-state index contributed by atoms with van der Waals surface area (Å²) in [5.41, 5.74) is 0. The molecule has 2 rings (SSSR count). The number of rotatable bonds is 5. The van der Waals surface area contributed by atoms with E-state index in [-0.39, 0.29) is 0 Å². The van der Waals surface area contributed by atoms with Crippen molar-refractivity contribution >= 4 is 11.3 Å². The molecule has 17 heavy (non-hydrogen) atoms. The summed E-state index contributed by atoms with van der Waals surface area (Å²) in [6.07, 6.45) is 7.31. The molecule has 1 aromatic heterocycles. The molecule has 0 aromatic carbocycles. The highest BCUT2D eigenvalue weighted by Crippen LogP contribution is 2.16. The Morgan fingerprint density at radius 2 is 2.47 bits per heavy atom. The third-order valence-corrected chi connectivity index (χ3v) is 4.38. The van der Waals surface area contributed by atoms with Crippen LogP contribution in [-0.4, -0.2) is 30.7 Å². The van der Waals surface area contributed by atoms with Gasteiger partial charge in [0.1, 0.15) is 0 Å². The molecule has 0 radical (unpaired) electrons. The van der Waals surface area contributed by atoms with Crippen molar-refractivity contribution in [3.63, 3.8) is 0 Å². The molecule has 0 spiro atoms. The van der Waals surface area contributed by atoms with Crippen molar-refractivity contribution in [1.29, 1.82) is 0 Å². The Hall–Kier alpha value is -0.450. The number of nitrogens with zero attached hydrogens (tertiary/aromatic N) is 1. The van der Waals surface area contributed by atoms with Gasteiger partial charge in [-0.3, -0.25) is 0 Å². The molecule has 1 aromatic rings. The van der Waals surface area contributed by atoms with E-state index in [9.17, 15) is 0 Å². The van der Waals surface area contributed by atoms with Crippen LogP contribution in [0.3, 0.4) is 0 Å². The monoisotopic (exact) mass is 253 g/mol. The lowest BCUT2D eigenvalue weighted by atomic mass is 10.1. The minimum absolute atomic E-state index is 0.528. The van der Waals surface area contributed by atoms with Crippen LogP contribution in [0, 0.1) is 0 Å². The maximum atomic E-state index is 4.36. The molecule has 0 aliphatic carbocycles. The van der Waals surface area contributed by atoms with Crippen LogP contribution in [0.2, 0.25) is 0 Å². The molecule has 1 saturated heterocycles. The van der Waals surface area contributed by atoms with Gasteiger partial charge in [0.05, 0.1) is 5.01 Å². The molecule has 2 unspecified atom stereocenters. The van der Waals surface area contributed by atoms with Crippen LogP contribution in [0.1, 0.15) is 43.5 Å². The Morgan fingerprint density at radius 3 is 3.29 bits per heavy atom. The van der Waals surface area contributed by atoms with Crippen LogP contribution >= 0.6 is 11.3 Å². The fourth-order valence-electron chi connectivity index (χ4n) is 2.31. The second kappa shape index (κ2) is 7.09. The molecule has 2 heterocycles. The highest BCUT2D eigenvalue weighted by atomic mass is 32.1. The van der Waals surface area contributed by atoms with E-state index >= 15 is 0 Å². The summed E-state index contributed by atoms with van der Waals surface area (Å²) in [6.45, 7) is 5.56. The number of hydrogen-bond acceptors (Lipinski definition) is 4. The first kappa shape index (κ1) is 13.0. The second-order valence-electron chi connectivity index (χ2n) is 4.93. The van der Waals surface area contributed by atoms with Gasteiger partial charge in [-0.1, -0.05) is 19.8 Å². The van der Waals surface area contributed by atoms with E-state index in [1.54, 1.807) is 11.3 Å².